The molecule has 132 valence electrons. The Morgan fingerprint density at radius 1 is 0.773 bits per heavy atom. The fourth-order valence-corrected chi connectivity index (χ4v) is 2.99. The van der Waals surface area contributed by atoms with Crippen molar-refractivity contribution in [2.24, 2.45) is 0 Å². The van der Waals surface area contributed by atoms with E-state index >= 15 is 0 Å². The Labute approximate surface area is 139 Å². The summed E-state index contributed by atoms with van der Waals surface area (Å²) >= 11 is 0. The van der Waals surface area contributed by atoms with Crippen LogP contribution in [-0.4, -0.2) is 19.0 Å². The van der Waals surface area contributed by atoms with Crippen LogP contribution in [-0.2, 0) is 9.53 Å². The lowest BCUT2D eigenvalue weighted by Gasteiger charge is -2.15. The molecule has 2 heteroatoms. The van der Waals surface area contributed by atoms with Crippen molar-refractivity contribution >= 4 is 5.78 Å². The van der Waals surface area contributed by atoms with Crippen molar-refractivity contribution in [3.63, 3.8) is 0 Å². The molecular formula is C20H40O2. The summed E-state index contributed by atoms with van der Waals surface area (Å²) in [5.74, 6) is 0.336. The second-order valence-corrected chi connectivity index (χ2v) is 6.78. The molecule has 0 radical (unpaired) electrons. The van der Waals surface area contributed by atoms with Gasteiger partial charge in [-0.25, -0.2) is 0 Å². The summed E-state index contributed by atoms with van der Waals surface area (Å²) < 4.78 is 5.59. The number of ether oxygens (including phenoxy) is 1. The van der Waals surface area contributed by atoms with Crippen LogP contribution in [0, 0.1) is 0 Å². The maximum absolute atomic E-state index is 10.8. The van der Waals surface area contributed by atoms with E-state index in [-0.39, 0.29) is 0 Å². The number of methoxy groups -OCH3 is 1. The van der Waals surface area contributed by atoms with E-state index in [0.717, 1.165) is 12.8 Å². The number of Topliss-reactive ketones (excluding diaryl/α,β-unsaturated/α-hetero) is 1. The molecule has 0 aromatic rings. The van der Waals surface area contributed by atoms with Crippen molar-refractivity contribution in [3.8, 4) is 0 Å². The van der Waals surface area contributed by atoms with Crippen LogP contribution in [0.1, 0.15) is 110 Å². The lowest BCUT2D eigenvalue weighted by molar-refractivity contribution is -0.117. The van der Waals surface area contributed by atoms with E-state index in [2.05, 4.69) is 6.92 Å². The van der Waals surface area contributed by atoms with Crippen molar-refractivity contribution in [2.75, 3.05) is 7.11 Å². The molecule has 0 amide bonds. The SMILES string of the molecule is CCCCCCC(CCCCCCCCCCC(C)=O)OC. The Hall–Kier alpha value is -0.370. The maximum Gasteiger partial charge on any atom is 0.129 e. The Balaban J connectivity index is 3.27. The van der Waals surface area contributed by atoms with Crippen molar-refractivity contribution in [2.45, 2.75) is 116 Å². The molecule has 0 heterocycles. The molecule has 0 rings (SSSR count). The topological polar surface area (TPSA) is 26.3 Å². The summed E-state index contributed by atoms with van der Waals surface area (Å²) in [5, 5.41) is 0. The molecule has 1 unspecified atom stereocenters. The van der Waals surface area contributed by atoms with Gasteiger partial charge in [0.15, 0.2) is 0 Å². The molecule has 22 heavy (non-hydrogen) atoms. The fourth-order valence-electron chi connectivity index (χ4n) is 2.99. The maximum atomic E-state index is 10.8. The first kappa shape index (κ1) is 21.6. The Morgan fingerprint density at radius 2 is 1.23 bits per heavy atom. The first-order chi connectivity index (χ1) is 10.7. The van der Waals surface area contributed by atoms with Crippen molar-refractivity contribution in [1.82, 2.24) is 0 Å². The summed E-state index contributed by atoms with van der Waals surface area (Å²) in [6.07, 6.45) is 19.4. The van der Waals surface area contributed by atoms with Crippen molar-refractivity contribution in [1.29, 1.82) is 0 Å². The van der Waals surface area contributed by atoms with E-state index < -0.39 is 0 Å². The van der Waals surface area contributed by atoms with E-state index in [0.29, 0.717) is 11.9 Å². The second-order valence-electron chi connectivity index (χ2n) is 6.78. The van der Waals surface area contributed by atoms with Gasteiger partial charge in [-0.1, -0.05) is 77.6 Å². The van der Waals surface area contributed by atoms with Crippen LogP contribution in [0.3, 0.4) is 0 Å². The minimum absolute atomic E-state index is 0.336. The van der Waals surface area contributed by atoms with E-state index in [4.69, 9.17) is 4.74 Å². The van der Waals surface area contributed by atoms with Gasteiger partial charge in [0.1, 0.15) is 5.78 Å². The molecule has 0 N–H and O–H groups in total. The van der Waals surface area contributed by atoms with Gasteiger partial charge in [-0.05, 0) is 26.2 Å². The highest BCUT2D eigenvalue weighted by molar-refractivity contribution is 5.75. The molecule has 0 spiro atoms. The lowest BCUT2D eigenvalue weighted by atomic mass is 10.0. The average Bonchev–Trinajstić information content (AvgIpc) is 2.50. The molecule has 2 nitrogen and oxygen atoms in total. The zero-order valence-electron chi connectivity index (χ0n) is 15.5. The number of ketones is 1. The molecule has 0 fully saturated rings. The summed E-state index contributed by atoms with van der Waals surface area (Å²) in [5.41, 5.74) is 0. The van der Waals surface area contributed by atoms with Gasteiger partial charge >= 0.3 is 0 Å². The first-order valence-corrected chi connectivity index (χ1v) is 9.73. The van der Waals surface area contributed by atoms with Gasteiger partial charge in [0.05, 0.1) is 6.10 Å². The highest BCUT2D eigenvalue weighted by Crippen LogP contribution is 2.16. The molecule has 0 bridgehead atoms. The molecule has 0 saturated carbocycles. The van der Waals surface area contributed by atoms with Crippen molar-refractivity contribution < 1.29 is 9.53 Å². The minimum Gasteiger partial charge on any atom is -0.381 e. The van der Waals surface area contributed by atoms with Crippen LogP contribution < -0.4 is 0 Å². The standard InChI is InChI=1S/C20H40O2/c1-4-5-6-14-17-20(22-3)18-15-12-10-8-7-9-11-13-16-19(2)21/h20H,4-18H2,1-3H3. The minimum atomic E-state index is 0.336. The molecule has 1 atom stereocenters. The third kappa shape index (κ3) is 16.0. The van der Waals surface area contributed by atoms with Gasteiger partial charge in [0, 0.05) is 13.5 Å². The first-order valence-electron chi connectivity index (χ1n) is 9.73. The molecule has 0 aromatic carbocycles. The summed E-state index contributed by atoms with van der Waals surface area (Å²) in [4.78, 5) is 10.8. The zero-order chi connectivity index (χ0) is 16.5. The van der Waals surface area contributed by atoms with E-state index in [1.807, 2.05) is 7.11 Å². The quantitative estimate of drug-likeness (QED) is 0.288. The summed E-state index contributed by atoms with van der Waals surface area (Å²) in [6, 6.07) is 0. The van der Waals surface area contributed by atoms with Crippen molar-refractivity contribution in [3.05, 3.63) is 0 Å². The van der Waals surface area contributed by atoms with Crippen LogP contribution in [0.25, 0.3) is 0 Å². The van der Waals surface area contributed by atoms with E-state index in [1.165, 1.54) is 83.5 Å². The number of rotatable bonds is 17. The van der Waals surface area contributed by atoms with Gasteiger partial charge in [-0.15, -0.1) is 0 Å². The van der Waals surface area contributed by atoms with Gasteiger partial charge in [0.25, 0.3) is 0 Å². The number of unbranched alkanes of at least 4 members (excludes halogenated alkanes) is 10. The third-order valence-electron chi connectivity index (χ3n) is 4.52. The molecule has 0 aromatic heterocycles. The van der Waals surface area contributed by atoms with Crippen LogP contribution >= 0.6 is 0 Å². The predicted molar refractivity (Wildman–Crippen MR) is 96.4 cm³/mol. The van der Waals surface area contributed by atoms with Crippen LogP contribution in [0.2, 0.25) is 0 Å². The Kier molecular flexibility index (Phi) is 16.7. The number of carbonyl (C=O) groups is 1. The van der Waals surface area contributed by atoms with Crippen LogP contribution in [0.4, 0.5) is 0 Å². The number of hydrogen-bond donors (Lipinski definition) is 0. The Morgan fingerprint density at radius 3 is 1.68 bits per heavy atom. The lowest BCUT2D eigenvalue weighted by Crippen LogP contribution is -2.10. The van der Waals surface area contributed by atoms with E-state index in [1.54, 1.807) is 6.92 Å². The fraction of sp³-hybridized carbons (Fsp3) is 0.950. The third-order valence-corrected chi connectivity index (χ3v) is 4.52. The van der Waals surface area contributed by atoms with Gasteiger partial charge < -0.3 is 9.53 Å². The van der Waals surface area contributed by atoms with Crippen LogP contribution in [0.5, 0.6) is 0 Å². The van der Waals surface area contributed by atoms with Gasteiger partial charge in [-0.2, -0.15) is 0 Å². The second kappa shape index (κ2) is 17.0. The monoisotopic (exact) mass is 312 g/mol. The normalized spacial score (nSPS) is 12.5. The van der Waals surface area contributed by atoms with Gasteiger partial charge in [-0.3, -0.25) is 0 Å². The summed E-state index contributed by atoms with van der Waals surface area (Å²) in [6.45, 7) is 3.95. The molecule has 0 aliphatic heterocycles. The molecule has 0 saturated heterocycles. The number of hydrogen-bond acceptors (Lipinski definition) is 2. The largest absolute Gasteiger partial charge is 0.381 e. The predicted octanol–water partition coefficient (Wildman–Crippen LogP) is 6.46. The Bertz CT molecular complexity index is 238. The highest BCUT2D eigenvalue weighted by atomic mass is 16.5. The van der Waals surface area contributed by atoms with Gasteiger partial charge in [0.2, 0.25) is 0 Å². The zero-order valence-corrected chi connectivity index (χ0v) is 15.5. The average molecular weight is 313 g/mol. The molecule has 0 aliphatic carbocycles. The van der Waals surface area contributed by atoms with Crippen LogP contribution in [0.15, 0.2) is 0 Å². The molecule has 0 aliphatic rings. The smallest absolute Gasteiger partial charge is 0.129 e. The molecular weight excluding hydrogens is 272 g/mol. The summed E-state index contributed by atoms with van der Waals surface area (Å²) in [7, 11) is 1.87. The van der Waals surface area contributed by atoms with E-state index in [9.17, 15) is 4.79 Å². The highest BCUT2D eigenvalue weighted by Gasteiger charge is 2.06. The number of carbonyl (C=O) groups excluding carboxylic acids is 1.